The summed E-state index contributed by atoms with van der Waals surface area (Å²) in [5, 5.41) is 7.61. The molecule has 23 heavy (non-hydrogen) atoms. The van der Waals surface area contributed by atoms with Crippen LogP contribution in [-0.2, 0) is 5.75 Å². The molecular weight excluding hydrogens is 318 g/mol. The third kappa shape index (κ3) is 3.76. The van der Waals surface area contributed by atoms with Gasteiger partial charge < -0.3 is 4.42 Å². The van der Waals surface area contributed by atoms with E-state index in [9.17, 15) is 8.78 Å². The van der Waals surface area contributed by atoms with Crippen molar-refractivity contribution in [3.05, 3.63) is 83.1 Å². The first kappa shape index (κ1) is 15.7. The van der Waals surface area contributed by atoms with E-state index in [1.165, 1.54) is 17.8 Å². The predicted octanol–water partition coefficient (Wildman–Crippen LogP) is 4.68. The molecule has 6 heteroatoms. The average molecular weight is 332 g/mol. The van der Waals surface area contributed by atoms with Crippen molar-refractivity contribution in [2.75, 3.05) is 0 Å². The van der Waals surface area contributed by atoms with Crippen LogP contribution in [-0.4, -0.2) is 10.2 Å². The van der Waals surface area contributed by atoms with Gasteiger partial charge in [0.15, 0.2) is 11.6 Å². The zero-order chi connectivity index (χ0) is 16.2. The Labute approximate surface area is 136 Å². The van der Waals surface area contributed by atoms with Gasteiger partial charge in [-0.3, -0.25) is 0 Å². The molecule has 1 heterocycles. The van der Waals surface area contributed by atoms with Gasteiger partial charge in [-0.05, 0) is 23.3 Å². The molecule has 1 aromatic heterocycles. The summed E-state index contributed by atoms with van der Waals surface area (Å²) in [6.45, 7) is 1.73. The van der Waals surface area contributed by atoms with Crippen molar-refractivity contribution in [3.8, 4) is 0 Å². The van der Waals surface area contributed by atoms with E-state index in [2.05, 4.69) is 10.2 Å². The normalized spacial score (nSPS) is 12.3. The van der Waals surface area contributed by atoms with E-state index in [4.69, 9.17) is 4.42 Å². The van der Waals surface area contributed by atoms with Gasteiger partial charge >= 0.3 is 0 Å². The van der Waals surface area contributed by atoms with Crippen molar-refractivity contribution in [3.63, 3.8) is 0 Å². The van der Waals surface area contributed by atoms with Crippen molar-refractivity contribution >= 4 is 11.8 Å². The first-order valence-electron chi connectivity index (χ1n) is 7.04. The molecule has 0 amide bonds. The van der Waals surface area contributed by atoms with Gasteiger partial charge in [-0.25, -0.2) is 8.78 Å². The molecule has 0 N–H and O–H groups in total. The van der Waals surface area contributed by atoms with Crippen molar-refractivity contribution in [1.29, 1.82) is 0 Å². The molecule has 118 valence electrons. The number of aromatic nitrogens is 2. The Morgan fingerprint density at radius 2 is 1.78 bits per heavy atom. The van der Waals surface area contributed by atoms with E-state index in [0.717, 1.165) is 11.6 Å². The number of aryl methyl sites for hydroxylation is 1. The van der Waals surface area contributed by atoms with Crippen LogP contribution in [0.1, 0.15) is 28.2 Å². The molecule has 2 aromatic carbocycles. The second-order valence-electron chi connectivity index (χ2n) is 4.99. The fourth-order valence-electron chi connectivity index (χ4n) is 2.24. The third-order valence-electron chi connectivity index (χ3n) is 3.29. The third-order valence-corrected chi connectivity index (χ3v) is 4.58. The molecule has 3 nitrogen and oxygen atoms in total. The highest BCUT2D eigenvalue weighted by molar-refractivity contribution is 7.98. The largest absolute Gasteiger partial charge is 0.425 e. The summed E-state index contributed by atoms with van der Waals surface area (Å²) in [4.78, 5) is 0. The van der Waals surface area contributed by atoms with Crippen LogP contribution in [0, 0.1) is 18.6 Å². The standard InChI is InChI=1S/C17H14F2N2OS/c1-11-20-21-16(22-11)10-23-17(12-5-3-2-4-6-12)13-7-8-14(18)15(19)9-13/h2-9,17H,10H2,1H3/t17-/m1/s1. The lowest BCUT2D eigenvalue weighted by Gasteiger charge is -2.17. The van der Waals surface area contributed by atoms with Crippen molar-refractivity contribution < 1.29 is 13.2 Å². The molecule has 3 rings (SSSR count). The van der Waals surface area contributed by atoms with Gasteiger partial charge in [-0.15, -0.1) is 22.0 Å². The lowest BCUT2D eigenvalue weighted by molar-refractivity contribution is 0.485. The van der Waals surface area contributed by atoms with Crippen molar-refractivity contribution in [2.45, 2.75) is 17.9 Å². The minimum absolute atomic E-state index is 0.154. The topological polar surface area (TPSA) is 38.9 Å². The highest BCUT2D eigenvalue weighted by Gasteiger charge is 2.18. The minimum Gasteiger partial charge on any atom is -0.425 e. The summed E-state index contributed by atoms with van der Waals surface area (Å²) in [6.07, 6.45) is 0. The number of hydrogen-bond donors (Lipinski definition) is 0. The van der Waals surface area contributed by atoms with Crippen LogP contribution in [0.5, 0.6) is 0 Å². The minimum atomic E-state index is -0.849. The van der Waals surface area contributed by atoms with Crippen LogP contribution in [0.3, 0.4) is 0 Å². The molecule has 0 radical (unpaired) electrons. The van der Waals surface area contributed by atoms with Crippen LogP contribution in [0.15, 0.2) is 52.9 Å². The van der Waals surface area contributed by atoms with E-state index in [1.807, 2.05) is 30.3 Å². The number of halogens is 2. The first-order chi connectivity index (χ1) is 11.1. The summed E-state index contributed by atoms with van der Waals surface area (Å²) in [5.41, 5.74) is 1.69. The van der Waals surface area contributed by atoms with Crippen LogP contribution < -0.4 is 0 Å². The summed E-state index contributed by atoms with van der Waals surface area (Å²) >= 11 is 1.52. The fraction of sp³-hybridized carbons (Fsp3) is 0.176. The number of rotatable bonds is 5. The molecular formula is C17H14F2N2OS. The van der Waals surface area contributed by atoms with Gasteiger partial charge in [0.1, 0.15) is 0 Å². The van der Waals surface area contributed by atoms with Gasteiger partial charge in [-0.2, -0.15) is 0 Å². The van der Waals surface area contributed by atoms with E-state index < -0.39 is 11.6 Å². The maximum atomic E-state index is 13.6. The average Bonchev–Trinajstić information content (AvgIpc) is 2.97. The SMILES string of the molecule is Cc1nnc(CS[C@H](c2ccccc2)c2ccc(F)c(F)c2)o1. The van der Waals surface area contributed by atoms with Crippen LogP contribution in [0.25, 0.3) is 0 Å². The Balaban J connectivity index is 1.88. The maximum absolute atomic E-state index is 13.6. The zero-order valence-electron chi connectivity index (χ0n) is 12.4. The zero-order valence-corrected chi connectivity index (χ0v) is 13.2. The maximum Gasteiger partial charge on any atom is 0.226 e. The molecule has 0 fully saturated rings. The lowest BCUT2D eigenvalue weighted by atomic mass is 10.0. The van der Waals surface area contributed by atoms with E-state index in [-0.39, 0.29) is 5.25 Å². The molecule has 0 aliphatic heterocycles. The highest BCUT2D eigenvalue weighted by atomic mass is 32.2. The Morgan fingerprint density at radius 3 is 2.43 bits per heavy atom. The van der Waals surface area contributed by atoms with Gasteiger partial charge in [-0.1, -0.05) is 36.4 Å². The molecule has 0 aliphatic carbocycles. The summed E-state index contributed by atoms with van der Waals surface area (Å²) in [7, 11) is 0. The van der Waals surface area contributed by atoms with E-state index in [1.54, 1.807) is 13.0 Å². The van der Waals surface area contributed by atoms with Gasteiger partial charge in [0.25, 0.3) is 0 Å². The number of benzene rings is 2. The van der Waals surface area contributed by atoms with E-state index in [0.29, 0.717) is 23.1 Å². The van der Waals surface area contributed by atoms with Crippen LogP contribution in [0.2, 0.25) is 0 Å². The predicted molar refractivity (Wildman–Crippen MR) is 85.0 cm³/mol. The van der Waals surface area contributed by atoms with Gasteiger partial charge in [0.2, 0.25) is 11.8 Å². The Hall–Kier alpha value is -2.21. The summed E-state index contributed by atoms with van der Waals surface area (Å²) in [5.74, 6) is -0.198. The number of hydrogen-bond acceptors (Lipinski definition) is 4. The van der Waals surface area contributed by atoms with Gasteiger partial charge in [0.05, 0.1) is 11.0 Å². The summed E-state index contributed by atoms with van der Waals surface area (Å²) < 4.78 is 32.2. The summed E-state index contributed by atoms with van der Waals surface area (Å²) in [6, 6.07) is 13.6. The molecule has 0 spiro atoms. The molecule has 0 bridgehead atoms. The van der Waals surface area contributed by atoms with Gasteiger partial charge in [0, 0.05) is 6.92 Å². The van der Waals surface area contributed by atoms with E-state index >= 15 is 0 Å². The van der Waals surface area contributed by atoms with Crippen LogP contribution in [0.4, 0.5) is 8.78 Å². The van der Waals surface area contributed by atoms with Crippen molar-refractivity contribution in [2.24, 2.45) is 0 Å². The Bertz CT molecular complexity index is 792. The second-order valence-corrected chi connectivity index (χ2v) is 6.08. The first-order valence-corrected chi connectivity index (χ1v) is 8.09. The number of thioether (sulfide) groups is 1. The Morgan fingerprint density at radius 1 is 1.00 bits per heavy atom. The second kappa shape index (κ2) is 6.91. The lowest BCUT2D eigenvalue weighted by Crippen LogP contribution is -1.99. The highest BCUT2D eigenvalue weighted by Crippen LogP contribution is 2.37. The molecule has 1 atom stereocenters. The molecule has 0 saturated heterocycles. The molecule has 0 saturated carbocycles. The van der Waals surface area contributed by atoms with Crippen molar-refractivity contribution in [1.82, 2.24) is 10.2 Å². The molecule has 3 aromatic rings. The van der Waals surface area contributed by atoms with Crippen LogP contribution >= 0.6 is 11.8 Å². The number of nitrogens with zero attached hydrogens (tertiary/aromatic N) is 2. The fourth-order valence-corrected chi connectivity index (χ4v) is 3.35. The monoisotopic (exact) mass is 332 g/mol. The molecule has 0 aliphatic rings. The smallest absolute Gasteiger partial charge is 0.226 e. The Kier molecular flexibility index (Phi) is 4.71. The quantitative estimate of drug-likeness (QED) is 0.680. The molecule has 0 unspecified atom stereocenters.